The van der Waals surface area contributed by atoms with E-state index in [1.165, 1.54) is 0 Å². The predicted molar refractivity (Wildman–Crippen MR) is 90.9 cm³/mol. The molecule has 0 aliphatic heterocycles. The Labute approximate surface area is 141 Å². The van der Waals surface area contributed by atoms with Crippen LogP contribution in [-0.2, 0) is 0 Å². The standard InChI is InChI=1S/C15H16BrClN2OS/c1-9(2)6-12(13-4-3-5-21-13)19-15(20)11-7-10(16)8-18-14(11)17/h3-5,7-9,12H,6H2,1-2H3,(H,19,20). The maximum absolute atomic E-state index is 12.5. The van der Waals surface area contributed by atoms with Gasteiger partial charge in [0.05, 0.1) is 11.6 Å². The molecule has 1 unspecified atom stereocenters. The van der Waals surface area contributed by atoms with Crippen molar-refractivity contribution in [2.24, 2.45) is 5.92 Å². The second-order valence-corrected chi connectivity index (χ2v) is 7.42. The molecule has 0 aromatic carbocycles. The molecule has 1 atom stereocenters. The summed E-state index contributed by atoms with van der Waals surface area (Å²) in [6, 6.07) is 5.71. The Morgan fingerprint density at radius 3 is 2.90 bits per heavy atom. The molecule has 21 heavy (non-hydrogen) atoms. The second-order valence-electron chi connectivity index (χ2n) is 5.16. The highest BCUT2D eigenvalue weighted by molar-refractivity contribution is 9.10. The van der Waals surface area contributed by atoms with Gasteiger partial charge in [0, 0.05) is 15.5 Å². The number of halogens is 2. The minimum Gasteiger partial charge on any atom is -0.344 e. The summed E-state index contributed by atoms with van der Waals surface area (Å²) in [6.45, 7) is 4.28. The van der Waals surface area contributed by atoms with Crippen LogP contribution in [0.2, 0.25) is 5.15 Å². The highest BCUT2D eigenvalue weighted by atomic mass is 79.9. The SMILES string of the molecule is CC(C)CC(NC(=O)c1cc(Br)cnc1Cl)c1cccs1. The van der Waals surface area contributed by atoms with Crippen molar-refractivity contribution in [3.63, 3.8) is 0 Å². The van der Waals surface area contributed by atoms with Crippen molar-refractivity contribution >= 4 is 44.8 Å². The van der Waals surface area contributed by atoms with Crippen LogP contribution in [0.5, 0.6) is 0 Å². The molecule has 6 heteroatoms. The monoisotopic (exact) mass is 386 g/mol. The first-order chi connectivity index (χ1) is 9.97. The number of carbonyl (C=O) groups is 1. The van der Waals surface area contributed by atoms with Gasteiger partial charge in [0.15, 0.2) is 0 Å². The smallest absolute Gasteiger partial charge is 0.254 e. The van der Waals surface area contributed by atoms with Gasteiger partial charge in [0.25, 0.3) is 5.91 Å². The highest BCUT2D eigenvalue weighted by Crippen LogP contribution is 2.26. The van der Waals surface area contributed by atoms with E-state index in [1.807, 2.05) is 17.5 Å². The first kappa shape index (κ1) is 16.5. The number of hydrogen-bond acceptors (Lipinski definition) is 3. The Hall–Kier alpha value is -0.910. The minimum atomic E-state index is -0.201. The molecule has 1 N–H and O–H groups in total. The van der Waals surface area contributed by atoms with Crippen LogP contribution in [0.4, 0.5) is 0 Å². The van der Waals surface area contributed by atoms with E-state index in [9.17, 15) is 4.79 Å². The van der Waals surface area contributed by atoms with E-state index in [-0.39, 0.29) is 17.1 Å². The Kier molecular flexibility index (Phi) is 5.79. The number of amides is 1. The maximum Gasteiger partial charge on any atom is 0.254 e. The Morgan fingerprint density at radius 1 is 1.52 bits per heavy atom. The van der Waals surface area contributed by atoms with Crippen LogP contribution in [0.15, 0.2) is 34.2 Å². The van der Waals surface area contributed by atoms with Crippen LogP contribution in [0.25, 0.3) is 0 Å². The number of carbonyl (C=O) groups excluding carboxylic acids is 1. The molecule has 2 rings (SSSR count). The molecular formula is C15H16BrClN2OS. The number of hydrogen-bond donors (Lipinski definition) is 1. The summed E-state index contributed by atoms with van der Waals surface area (Å²) in [7, 11) is 0. The summed E-state index contributed by atoms with van der Waals surface area (Å²) >= 11 is 11.0. The fourth-order valence-electron chi connectivity index (χ4n) is 2.02. The summed E-state index contributed by atoms with van der Waals surface area (Å²) in [4.78, 5) is 17.6. The number of nitrogens with one attached hydrogen (secondary N) is 1. The van der Waals surface area contributed by atoms with Gasteiger partial charge in [-0.15, -0.1) is 11.3 Å². The zero-order valence-electron chi connectivity index (χ0n) is 11.8. The van der Waals surface area contributed by atoms with Crippen LogP contribution >= 0.6 is 38.9 Å². The van der Waals surface area contributed by atoms with E-state index >= 15 is 0 Å². The third kappa shape index (κ3) is 4.53. The van der Waals surface area contributed by atoms with Gasteiger partial charge < -0.3 is 5.32 Å². The van der Waals surface area contributed by atoms with Crippen LogP contribution in [0.1, 0.15) is 41.5 Å². The van der Waals surface area contributed by atoms with Crippen molar-refractivity contribution in [2.45, 2.75) is 26.3 Å². The van der Waals surface area contributed by atoms with Gasteiger partial charge >= 0.3 is 0 Å². The molecule has 2 aromatic heterocycles. The molecule has 0 bridgehead atoms. The van der Waals surface area contributed by atoms with E-state index in [2.05, 4.69) is 40.1 Å². The number of aromatic nitrogens is 1. The van der Waals surface area contributed by atoms with Crippen LogP contribution in [-0.4, -0.2) is 10.9 Å². The number of rotatable bonds is 5. The van der Waals surface area contributed by atoms with Crippen molar-refractivity contribution < 1.29 is 4.79 Å². The first-order valence-electron chi connectivity index (χ1n) is 6.62. The molecule has 2 aromatic rings. The zero-order chi connectivity index (χ0) is 15.4. The summed E-state index contributed by atoms with van der Waals surface area (Å²) < 4.78 is 0.730. The minimum absolute atomic E-state index is 0.00690. The van der Waals surface area contributed by atoms with E-state index in [1.54, 1.807) is 23.6 Å². The molecule has 0 fully saturated rings. The summed E-state index contributed by atoms with van der Waals surface area (Å²) in [6.07, 6.45) is 2.45. The van der Waals surface area contributed by atoms with Gasteiger partial charge in [-0.1, -0.05) is 31.5 Å². The van der Waals surface area contributed by atoms with Gasteiger partial charge in [-0.3, -0.25) is 4.79 Å². The topological polar surface area (TPSA) is 42.0 Å². The van der Waals surface area contributed by atoms with E-state index in [4.69, 9.17) is 11.6 Å². The van der Waals surface area contributed by atoms with Crippen molar-refractivity contribution in [1.82, 2.24) is 10.3 Å². The lowest BCUT2D eigenvalue weighted by Gasteiger charge is -2.19. The molecule has 112 valence electrons. The van der Waals surface area contributed by atoms with E-state index < -0.39 is 0 Å². The first-order valence-corrected chi connectivity index (χ1v) is 8.67. The predicted octanol–water partition coefficient (Wildman–Crippen LogP) is 5.08. The molecule has 3 nitrogen and oxygen atoms in total. The number of thiophene rings is 1. The lowest BCUT2D eigenvalue weighted by Crippen LogP contribution is -2.29. The Balaban J connectivity index is 2.20. The number of pyridine rings is 1. The van der Waals surface area contributed by atoms with E-state index in [0.717, 1.165) is 15.8 Å². The number of nitrogens with zero attached hydrogens (tertiary/aromatic N) is 1. The average molecular weight is 388 g/mol. The molecular weight excluding hydrogens is 372 g/mol. The Morgan fingerprint density at radius 2 is 2.29 bits per heavy atom. The van der Waals surface area contributed by atoms with Crippen molar-refractivity contribution in [1.29, 1.82) is 0 Å². The van der Waals surface area contributed by atoms with Gasteiger partial charge in [-0.2, -0.15) is 0 Å². The molecule has 0 aliphatic carbocycles. The van der Waals surface area contributed by atoms with E-state index in [0.29, 0.717) is 11.5 Å². The Bertz CT molecular complexity index is 616. The van der Waals surface area contributed by atoms with Crippen LogP contribution < -0.4 is 5.32 Å². The highest BCUT2D eigenvalue weighted by Gasteiger charge is 2.20. The van der Waals surface area contributed by atoms with Crippen LogP contribution in [0.3, 0.4) is 0 Å². The molecule has 1 amide bonds. The van der Waals surface area contributed by atoms with Gasteiger partial charge in [0.1, 0.15) is 5.15 Å². The molecule has 0 spiro atoms. The van der Waals surface area contributed by atoms with Crippen molar-refractivity contribution in [3.05, 3.63) is 49.8 Å². The third-order valence-electron chi connectivity index (χ3n) is 2.95. The second kappa shape index (κ2) is 7.38. The van der Waals surface area contributed by atoms with Crippen molar-refractivity contribution in [2.75, 3.05) is 0 Å². The molecule has 2 heterocycles. The summed E-state index contributed by atoms with van der Waals surface area (Å²) in [5, 5.41) is 5.29. The van der Waals surface area contributed by atoms with Crippen molar-refractivity contribution in [3.8, 4) is 0 Å². The summed E-state index contributed by atoms with van der Waals surface area (Å²) in [5.74, 6) is 0.279. The van der Waals surface area contributed by atoms with Gasteiger partial charge in [-0.05, 0) is 45.8 Å². The quantitative estimate of drug-likeness (QED) is 0.727. The third-order valence-corrected chi connectivity index (χ3v) is 4.67. The fraction of sp³-hybridized carbons (Fsp3) is 0.333. The lowest BCUT2D eigenvalue weighted by molar-refractivity contribution is 0.0932. The molecule has 0 saturated heterocycles. The fourth-order valence-corrected chi connectivity index (χ4v) is 3.34. The molecule has 0 radical (unpaired) electrons. The van der Waals surface area contributed by atoms with Gasteiger partial charge in [0.2, 0.25) is 0 Å². The van der Waals surface area contributed by atoms with Crippen LogP contribution in [0, 0.1) is 5.92 Å². The zero-order valence-corrected chi connectivity index (χ0v) is 14.9. The molecule has 0 saturated carbocycles. The van der Waals surface area contributed by atoms with Gasteiger partial charge in [-0.25, -0.2) is 4.98 Å². The summed E-state index contributed by atoms with van der Waals surface area (Å²) in [5.41, 5.74) is 0.386. The maximum atomic E-state index is 12.5. The lowest BCUT2D eigenvalue weighted by atomic mass is 10.0. The average Bonchev–Trinajstić information content (AvgIpc) is 2.94. The normalized spacial score (nSPS) is 12.4. The molecule has 0 aliphatic rings. The largest absolute Gasteiger partial charge is 0.344 e.